The molecule has 0 atom stereocenters. The molecule has 1 aromatic carbocycles. The van der Waals surface area contributed by atoms with E-state index in [2.05, 4.69) is 10.6 Å². The number of benzene rings is 1. The molecule has 4 saturated carbocycles. The maximum absolute atomic E-state index is 12.5. The van der Waals surface area contributed by atoms with Crippen molar-refractivity contribution < 1.29 is 14.3 Å². The van der Waals surface area contributed by atoms with Crippen molar-refractivity contribution in [1.82, 2.24) is 5.32 Å². The lowest BCUT2D eigenvalue weighted by Gasteiger charge is -2.57. The second-order valence-electron chi connectivity index (χ2n) is 8.81. The largest absolute Gasteiger partial charge is 0.490 e. The minimum atomic E-state index is 0.0234. The molecule has 2 N–H and O–H groups in total. The average Bonchev–Trinajstić information content (AvgIpc) is 2.84. The van der Waals surface area contributed by atoms with Crippen molar-refractivity contribution in [2.45, 2.75) is 50.5 Å². The fourth-order valence-electron chi connectivity index (χ4n) is 6.04. The Balaban J connectivity index is 1.20. The van der Waals surface area contributed by atoms with E-state index >= 15 is 0 Å². The number of rotatable bonds is 4. The highest BCUT2D eigenvalue weighted by Gasteiger charge is 2.50. The molecule has 0 radical (unpaired) electrons. The summed E-state index contributed by atoms with van der Waals surface area (Å²) in [6.07, 6.45) is 8.92. The van der Waals surface area contributed by atoms with Crippen molar-refractivity contribution in [2.75, 3.05) is 25.1 Å². The summed E-state index contributed by atoms with van der Waals surface area (Å²) >= 11 is 0. The SMILES string of the molecule is O=C(CNC12CC3CC(CC(C3)C1)C2)Nc1ccc2c(c1)OCCCO2. The number of ether oxygens (including phenoxy) is 2. The summed E-state index contributed by atoms with van der Waals surface area (Å²) in [6.45, 7) is 1.71. The molecule has 5 heteroatoms. The molecule has 140 valence electrons. The zero-order valence-electron chi connectivity index (χ0n) is 15.3. The van der Waals surface area contributed by atoms with E-state index in [1.807, 2.05) is 18.2 Å². The van der Waals surface area contributed by atoms with Gasteiger partial charge in [0.15, 0.2) is 11.5 Å². The highest BCUT2D eigenvalue weighted by atomic mass is 16.5. The van der Waals surface area contributed by atoms with Gasteiger partial charge in [0.05, 0.1) is 19.8 Å². The number of hydrogen-bond donors (Lipinski definition) is 2. The van der Waals surface area contributed by atoms with E-state index in [4.69, 9.17) is 9.47 Å². The first-order chi connectivity index (χ1) is 12.7. The smallest absolute Gasteiger partial charge is 0.238 e. The lowest BCUT2D eigenvalue weighted by Crippen LogP contribution is -2.59. The summed E-state index contributed by atoms with van der Waals surface area (Å²) in [6, 6.07) is 5.63. The van der Waals surface area contributed by atoms with Crippen LogP contribution in [0.25, 0.3) is 0 Å². The molecule has 6 rings (SSSR count). The number of nitrogens with one attached hydrogen (secondary N) is 2. The summed E-state index contributed by atoms with van der Waals surface area (Å²) in [5.41, 5.74) is 0.989. The Morgan fingerprint density at radius 1 is 1.00 bits per heavy atom. The summed E-state index contributed by atoms with van der Waals surface area (Å²) in [5, 5.41) is 6.66. The Morgan fingerprint density at radius 2 is 1.65 bits per heavy atom. The highest BCUT2D eigenvalue weighted by molar-refractivity contribution is 5.92. The molecule has 5 nitrogen and oxygen atoms in total. The first-order valence-electron chi connectivity index (χ1n) is 10.1. The van der Waals surface area contributed by atoms with Crippen LogP contribution in [0.2, 0.25) is 0 Å². The maximum Gasteiger partial charge on any atom is 0.238 e. The van der Waals surface area contributed by atoms with Crippen molar-refractivity contribution >= 4 is 11.6 Å². The third-order valence-corrected chi connectivity index (χ3v) is 6.69. The molecule has 0 spiro atoms. The quantitative estimate of drug-likeness (QED) is 0.869. The molecule has 1 heterocycles. The minimum absolute atomic E-state index is 0.0234. The van der Waals surface area contributed by atoms with Crippen LogP contribution in [-0.2, 0) is 4.79 Å². The standard InChI is InChI=1S/C21H28N2O3/c24-20(23-17-2-3-18-19(9-17)26-5-1-4-25-18)13-22-21-10-14-6-15(11-21)8-16(7-14)12-21/h2-3,9,14-16,22H,1,4-8,10-13H2,(H,23,24). The van der Waals surface area contributed by atoms with E-state index in [-0.39, 0.29) is 11.4 Å². The van der Waals surface area contributed by atoms with Gasteiger partial charge in [-0.2, -0.15) is 0 Å². The van der Waals surface area contributed by atoms with Crippen molar-refractivity contribution in [2.24, 2.45) is 17.8 Å². The van der Waals surface area contributed by atoms with Crippen LogP contribution in [0, 0.1) is 17.8 Å². The van der Waals surface area contributed by atoms with Crippen LogP contribution in [-0.4, -0.2) is 31.2 Å². The van der Waals surface area contributed by atoms with Crippen LogP contribution in [0.4, 0.5) is 5.69 Å². The molecule has 5 aliphatic rings. The lowest BCUT2D eigenvalue weighted by molar-refractivity contribution is -0.116. The topological polar surface area (TPSA) is 59.6 Å². The van der Waals surface area contributed by atoms with E-state index in [0.29, 0.717) is 25.5 Å². The Kier molecular flexibility index (Phi) is 4.07. The Bertz CT molecular complexity index is 667. The van der Waals surface area contributed by atoms with Crippen molar-refractivity contribution in [1.29, 1.82) is 0 Å². The molecule has 1 aromatic rings. The summed E-state index contributed by atoms with van der Waals surface area (Å²) in [4.78, 5) is 12.5. The van der Waals surface area contributed by atoms with Gasteiger partial charge in [-0.25, -0.2) is 0 Å². The van der Waals surface area contributed by atoms with Crippen LogP contribution in [0.3, 0.4) is 0 Å². The molecular weight excluding hydrogens is 328 g/mol. The predicted octanol–water partition coefficient (Wildman–Crippen LogP) is 3.34. The molecule has 26 heavy (non-hydrogen) atoms. The van der Waals surface area contributed by atoms with Gasteiger partial charge in [0.2, 0.25) is 5.91 Å². The molecular formula is C21H28N2O3. The fraction of sp³-hybridized carbons (Fsp3) is 0.667. The van der Waals surface area contributed by atoms with Gasteiger partial charge in [-0.15, -0.1) is 0 Å². The van der Waals surface area contributed by atoms with Crippen molar-refractivity contribution in [3.63, 3.8) is 0 Å². The number of fused-ring (bicyclic) bond motifs is 1. The van der Waals surface area contributed by atoms with Gasteiger partial charge in [0, 0.05) is 23.7 Å². The van der Waals surface area contributed by atoms with Gasteiger partial charge in [-0.1, -0.05) is 0 Å². The van der Waals surface area contributed by atoms with Gasteiger partial charge in [-0.3, -0.25) is 4.79 Å². The van der Waals surface area contributed by atoms with Gasteiger partial charge in [0.1, 0.15) is 0 Å². The molecule has 4 aliphatic carbocycles. The Hall–Kier alpha value is -1.75. The van der Waals surface area contributed by atoms with Gasteiger partial charge in [0.25, 0.3) is 0 Å². The average molecular weight is 356 g/mol. The predicted molar refractivity (Wildman–Crippen MR) is 99.6 cm³/mol. The molecule has 0 unspecified atom stereocenters. The second kappa shape index (κ2) is 6.45. The summed E-state index contributed by atoms with van der Waals surface area (Å²) in [5.74, 6) is 4.16. The van der Waals surface area contributed by atoms with Crippen molar-refractivity contribution in [3.05, 3.63) is 18.2 Å². The molecule has 1 amide bonds. The third kappa shape index (κ3) is 3.18. The monoisotopic (exact) mass is 356 g/mol. The van der Waals surface area contributed by atoms with Gasteiger partial charge >= 0.3 is 0 Å². The Morgan fingerprint density at radius 3 is 2.35 bits per heavy atom. The van der Waals surface area contributed by atoms with Crippen LogP contribution in [0.5, 0.6) is 11.5 Å². The molecule has 0 aromatic heterocycles. The van der Waals surface area contributed by atoms with Crippen molar-refractivity contribution in [3.8, 4) is 11.5 Å². The van der Waals surface area contributed by atoms with Gasteiger partial charge in [-0.05, 0) is 68.4 Å². The molecule has 1 aliphatic heterocycles. The zero-order valence-corrected chi connectivity index (χ0v) is 15.3. The molecule has 4 fully saturated rings. The first kappa shape index (κ1) is 16.4. The normalized spacial score (nSPS) is 34.4. The van der Waals surface area contributed by atoms with E-state index in [0.717, 1.165) is 35.6 Å². The van der Waals surface area contributed by atoms with E-state index in [9.17, 15) is 4.79 Å². The number of anilines is 1. The van der Waals surface area contributed by atoms with Crippen LogP contribution < -0.4 is 20.1 Å². The van der Waals surface area contributed by atoms with E-state index < -0.39 is 0 Å². The third-order valence-electron chi connectivity index (χ3n) is 6.69. The number of carbonyl (C=O) groups is 1. The van der Waals surface area contributed by atoms with Gasteiger partial charge < -0.3 is 20.1 Å². The summed E-state index contributed by atoms with van der Waals surface area (Å²) in [7, 11) is 0. The Labute approximate surface area is 154 Å². The molecule has 0 saturated heterocycles. The number of hydrogen-bond acceptors (Lipinski definition) is 4. The maximum atomic E-state index is 12.5. The second-order valence-corrected chi connectivity index (χ2v) is 8.81. The number of amides is 1. The minimum Gasteiger partial charge on any atom is -0.490 e. The van der Waals surface area contributed by atoms with E-state index in [1.165, 1.54) is 38.5 Å². The zero-order chi connectivity index (χ0) is 17.6. The fourth-order valence-corrected chi connectivity index (χ4v) is 6.04. The van der Waals surface area contributed by atoms with Crippen LogP contribution >= 0.6 is 0 Å². The van der Waals surface area contributed by atoms with Crippen LogP contribution in [0.1, 0.15) is 44.9 Å². The van der Waals surface area contributed by atoms with E-state index in [1.54, 1.807) is 0 Å². The van der Waals surface area contributed by atoms with Crippen LogP contribution in [0.15, 0.2) is 18.2 Å². The molecule has 4 bridgehead atoms. The number of carbonyl (C=O) groups excluding carboxylic acids is 1. The summed E-state index contributed by atoms with van der Waals surface area (Å²) < 4.78 is 11.3. The highest BCUT2D eigenvalue weighted by Crippen LogP contribution is 2.55. The lowest BCUT2D eigenvalue weighted by atomic mass is 9.53. The first-order valence-corrected chi connectivity index (χ1v) is 10.1.